The predicted octanol–water partition coefficient (Wildman–Crippen LogP) is -0.248. The van der Waals surface area contributed by atoms with E-state index in [1.165, 1.54) is 5.56 Å². The molecule has 1 aliphatic rings. The van der Waals surface area contributed by atoms with Crippen LogP contribution in [-0.4, -0.2) is 35.8 Å². The first kappa shape index (κ1) is 10.5. The lowest BCUT2D eigenvalue weighted by Crippen LogP contribution is -2.30. The van der Waals surface area contributed by atoms with Gasteiger partial charge in [0, 0.05) is 44.5 Å². The number of hydrogen-bond acceptors (Lipinski definition) is 4. The van der Waals surface area contributed by atoms with Crippen molar-refractivity contribution < 1.29 is 5.11 Å². The smallest absolute Gasteiger partial charge is 0.0716 e. The van der Waals surface area contributed by atoms with Crippen molar-refractivity contribution in [2.75, 3.05) is 19.6 Å². The van der Waals surface area contributed by atoms with E-state index in [0.29, 0.717) is 5.92 Å². The van der Waals surface area contributed by atoms with E-state index in [1.54, 1.807) is 12.4 Å². The molecule has 4 nitrogen and oxygen atoms in total. The third-order valence-electron chi connectivity index (χ3n) is 2.79. The molecular weight excluding hydrogens is 190 g/mol. The maximum Gasteiger partial charge on any atom is 0.0716 e. The number of hydrogen-bond donors (Lipinski definition) is 3. The summed E-state index contributed by atoms with van der Waals surface area (Å²) in [5, 5.41) is 16.1. The van der Waals surface area contributed by atoms with E-state index in [4.69, 9.17) is 0 Å². The molecule has 1 aliphatic heterocycles. The first-order valence-corrected chi connectivity index (χ1v) is 5.34. The Bertz CT molecular complexity index is 291. The van der Waals surface area contributed by atoms with Gasteiger partial charge in [0.2, 0.25) is 0 Å². The van der Waals surface area contributed by atoms with Crippen molar-refractivity contribution in [2.45, 2.75) is 12.6 Å². The minimum atomic E-state index is -0.199. The van der Waals surface area contributed by atoms with Crippen LogP contribution in [0.2, 0.25) is 0 Å². The average molecular weight is 207 g/mol. The molecule has 0 bridgehead atoms. The second-order valence-corrected chi connectivity index (χ2v) is 3.97. The summed E-state index contributed by atoms with van der Waals surface area (Å²) < 4.78 is 0. The number of aromatic nitrogens is 1. The van der Waals surface area contributed by atoms with E-state index in [1.807, 2.05) is 12.1 Å². The molecule has 1 aromatic rings. The Balaban J connectivity index is 1.71. The van der Waals surface area contributed by atoms with Crippen molar-refractivity contribution in [1.82, 2.24) is 15.6 Å². The first-order chi connectivity index (χ1) is 7.36. The fourth-order valence-corrected chi connectivity index (χ4v) is 1.83. The SMILES string of the molecule is OC1CNCC1CNCc1ccncc1. The molecule has 2 rings (SSSR count). The molecule has 1 fully saturated rings. The van der Waals surface area contributed by atoms with E-state index < -0.39 is 0 Å². The van der Waals surface area contributed by atoms with Crippen LogP contribution in [0, 0.1) is 5.92 Å². The van der Waals surface area contributed by atoms with E-state index in [9.17, 15) is 5.11 Å². The quantitative estimate of drug-likeness (QED) is 0.637. The zero-order valence-corrected chi connectivity index (χ0v) is 8.69. The van der Waals surface area contributed by atoms with E-state index in [2.05, 4.69) is 15.6 Å². The molecule has 2 heterocycles. The number of aliphatic hydroxyl groups excluding tert-OH is 1. The van der Waals surface area contributed by atoms with Crippen LogP contribution in [-0.2, 0) is 6.54 Å². The number of pyridine rings is 1. The number of rotatable bonds is 4. The molecule has 4 heteroatoms. The van der Waals surface area contributed by atoms with E-state index in [-0.39, 0.29) is 6.10 Å². The van der Waals surface area contributed by atoms with Gasteiger partial charge in [-0.3, -0.25) is 4.98 Å². The lowest BCUT2D eigenvalue weighted by Gasteiger charge is -2.13. The Morgan fingerprint density at radius 2 is 2.20 bits per heavy atom. The van der Waals surface area contributed by atoms with Crippen molar-refractivity contribution in [2.24, 2.45) is 5.92 Å². The Morgan fingerprint density at radius 1 is 1.40 bits per heavy atom. The fourth-order valence-electron chi connectivity index (χ4n) is 1.83. The highest BCUT2D eigenvalue weighted by Crippen LogP contribution is 2.07. The molecule has 0 aromatic carbocycles. The molecule has 0 amide bonds. The monoisotopic (exact) mass is 207 g/mol. The molecule has 82 valence electrons. The van der Waals surface area contributed by atoms with Gasteiger partial charge in [-0.2, -0.15) is 0 Å². The van der Waals surface area contributed by atoms with Gasteiger partial charge in [-0.15, -0.1) is 0 Å². The Hall–Kier alpha value is -0.970. The lowest BCUT2D eigenvalue weighted by atomic mass is 10.1. The van der Waals surface area contributed by atoms with Crippen molar-refractivity contribution in [1.29, 1.82) is 0 Å². The second-order valence-electron chi connectivity index (χ2n) is 3.97. The van der Waals surface area contributed by atoms with Gasteiger partial charge in [-0.05, 0) is 17.7 Å². The standard InChI is InChI=1S/C11H17N3O/c15-11-8-14-7-10(11)6-13-5-9-1-3-12-4-2-9/h1-4,10-11,13-15H,5-8H2. The highest BCUT2D eigenvalue weighted by atomic mass is 16.3. The molecule has 0 aliphatic carbocycles. The van der Waals surface area contributed by atoms with Crippen LogP contribution in [0.4, 0.5) is 0 Å². The average Bonchev–Trinajstić information content (AvgIpc) is 2.66. The lowest BCUT2D eigenvalue weighted by molar-refractivity contribution is 0.146. The summed E-state index contributed by atoms with van der Waals surface area (Å²) in [4.78, 5) is 3.97. The van der Waals surface area contributed by atoms with Gasteiger partial charge in [-0.1, -0.05) is 0 Å². The van der Waals surface area contributed by atoms with Gasteiger partial charge >= 0.3 is 0 Å². The second kappa shape index (κ2) is 5.21. The number of β-amino-alcohol motifs (C(OH)–C–C–N with tert-alkyl or cyclic N) is 1. The molecule has 3 N–H and O–H groups in total. The summed E-state index contributed by atoms with van der Waals surface area (Å²) >= 11 is 0. The van der Waals surface area contributed by atoms with Crippen LogP contribution in [0.1, 0.15) is 5.56 Å². The normalized spacial score (nSPS) is 25.7. The highest BCUT2D eigenvalue weighted by molar-refractivity contribution is 5.09. The van der Waals surface area contributed by atoms with Crippen molar-refractivity contribution in [3.8, 4) is 0 Å². The summed E-state index contributed by atoms with van der Waals surface area (Å²) in [6, 6.07) is 3.99. The summed E-state index contributed by atoms with van der Waals surface area (Å²) in [6.07, 6.45) is 3.39. The molecule has 0 spiro atoms. The number of nitrogens with one attached hydrogen (secondary N) is 2. The number of aliphatic hydroxyl groups is 1. The van der Waals surface area contributed by atoms with E-state index in [0.717, 1.165) is 26.2 Å². The Labute approximate surface area is 89.7 Å². The minimum absolute atomic E-state index is 0.199. The summed E-state index contributed by atoms with van der Waals surface area (Å²) in [7, 11) is 0. The fraction of sp³-hybridized carbons (Fsp3) is 0.545. The first-order valence-electron chi connectivity index (χ1n) is 5.34. The maximum absolute atomic E-state index is 9.57. The molecule has 2 atom stereocenters. The van der Waals surface area contributed by atoms with Gasteiger partial charge in [0.1, 0.15) is 0 Å². The van der Waals surface area contributed by atoms with Gasteiger partial charge in [-0.25, -0.2) is 0 Å². The molecule has 1 saturated heterocycles. The van der Waals surface area contributed by atoms with Gasteiger partial charge in [0.05, 0.1) is 6.10 Å². The summed E-state index contributed by atoms with van der Waals surface area (Å²) in [6.45, 7) is 3.33. The Morgan fingerprint density at radius 3 is 2.87 bits per heavy atom. The zero-order valence-electron chi connectivity index (χ0n) is 8.69. The van der Waals surface area contributed by atoms with Gasteiger partial charge in [0.25, 0.3) is 0 Å². The van der Waals surface area contributed by atoms with Crippen LogP contribution in [0.5, 0.6) is 0 Å². The molecular formula is C11H17N3O. The van der Waals surface area contributed by atoms with Gasteiger partial charge in [0.15, 0.2) is 0 Å². The van der Waals surface area contributed by atoms with Crippen LogP contribution < -0.4 is 10.6 Å². The molecule has 0 radical (unpaired) electrons. The highest BCUT2D eigenvalue weighted by Gasteiger charge is 2.23. The minimum Gasteiger partial charge on any atom is -0.391 e. The van der Waals surface area contributed by atoms with E-state index >= 15 is 0 Å². The van der Waals surface area contributed by atoms with Crippen molar-refractivity contribution in [3.63, 3.8) is 0 Å². The van der Waals surface area contributed by atoms with Crippen LogP contribution in [0.3, 0.4) is 0 Å². The third kappa shape index (κ3) is 2.99. The third-order valence-corrected chi connectivity index (χ3v) is 2.79. The predicted molar refractivity (Wildman–Crippen MR) is 58.3 cm³/mol. The van der Waals surface area contributed by atoms with Crippen molar-refractivity contribution >= 4 is 0 Å². The van der Waals surface area contributed by atoms with Crippen molar-refractivity contribution in [3.05, 3.63) is 30.1 Å². The van der Waals surface area contributed by atoms with Gasteiger partial charge < -0.3 is 15.7 Å². The molecule has 1 aromatic heterocycles. The maximum atomic E-state index is 9.57. The van der Waals surface area contributed by atoms with Crippen LogP contribution >= 0.6 is 0 Å². The number of nitrogens with zero attached hydrogens (tertiary/aromatic N) is 1. The van der Waals surface area contributed by atoms with Crippen LogP contribution in [0.15, 0.2) is 24.5 Å². The largest absolute Gasteiger partial charge is 0.391 e. The molecule has 2 unspecified atom stereocenters. The Kier molecular flexibility index (Phi) is 3.66. The topological polar surface area (TPSA) is 57.2 Å². The summed E-state index contributed by atoms with van der Waals surface area (Å²) in [5.41, 5.74) is 1.23. The summed E-state index contributed by atoms with van der Waals surface area (Å²) in [5.74, 6) is 0.340. The molecule has 0 saturated carbocycles. The molecule has 15 heavy (non-hydrogen) atoms. The zero-order chi connectivity index (χ0) is 10.5. The van der Waals surface area contributed by atoms with Crippen LogP contribution in [0.25, 0.3) is 0 Å².